The molecule has 15 heavy (non-hydrogen) atoms. The number of alkyl halides is 1. The first-order valence-electron chi connectivity index (χ1n) is 5.51. The monoisotopic (exact) mass is 252 g/mol. The molecule has 0 aromatic heterocycles. The van der Waals surface area contributed by atoms with Gasteiger partial charge in [0.25, 0.3) is 0 Å². The van der Waals surface area contributed by atoms with Crippen LogP contribution < -0.4 is 0 Å². The van der Waals surface area contributed by atoms with Crippen LogP contribution in [0.4, 0.5) is 0 Å². The minimum Gasteiger partial charge on any atom is -0.228 e. The van der Waals surface area contributed by atoms with E-state index in [4.69, 9.17) is 11.6 Å². The fourth-order valence-corrected chi connectivity index (χ4v) is 3.50. The molecule has 0 spiro atoms. The molecule has 0 aliphatic heterocycles. The molecule has 0 saturated heterocycles. The van der Waals surface area contributed by atoms with Crippen LogP contribution in [0, 0.1) is 5.41 Å². The van der Waals surface area contributed by atoms with Crippen molar-refractivity contribution in [1.29, 1.82) is 0 Å². The van der Waals surface area contributed by atoms with E-state index >= 15 is 0 Å². The summed E-state index contributed by atoms with van der Waals surface area (Å²) in [4.78, 5) is 0. The molecule has 1 rings (SSSR count). The standard InChI is InChI=1S/C11H21ClO2S/c1-10(2,3)15(13,14)8-7-11(9-12)5-4-6-11/h4-9H2,1-3H3. The number of rotatable bonds is 4. The summed E-state index contributed by atoms with van der Waals surface area (Å²) in [6, 6.07) is 0. The van der Waals surface area contributed by atoms with Crippen molar-refractivity contribution in [2.75, 3.05) is 11.6 Å². The molecule has 0 aromatic rings. The Morgan fingerprint density at radius 1 is 1.27 bits per heavy atom. The van der Waals surface area contributed by atoms with Crippen molar-refractivity contribution in [2.45, 2.75) is 51.2 Å². The van der Waals surface area contributed by atoms with Gasteiger partial charge in [-0.15, -0.1) is 11.6 Å². The Labute approximate surface area is 98.3 Å². The van der Waals surface area contributed by atoms with Crippen LogP contribution >= 0.6 is 11.6 Å². The fourth-order valence-electron chi connectivity index (χ4n) is 1.78. The summed E-state index contributed by atoms with van der Waals surface area (Å²) >= 11 is 5.91. The van der Waals surface area contributed by atoms with E-state index in [1.54, 1.807) is 20.8 Å². The maximum absolute atomic E-state index is 11.9. The molecule has 0 unspecified atom stereocenters. The molecule has 0 amide bonds. The largest absolute Gasteiger partial charge is 0.228 e. The molecular weight excluding hydrogens is 232 g/mol. The number of halogens is 1. The van der Waals surface area contributed by atoms with Gasteiger partial charge in [-0.25, -0.2) is 8.42 Å². The van der Waals surface area contributed by atoms with E-state index < -0.39 is 14.6 Å². The number of hydrogen-bond acceptors (Lipinski definition) is 2. The molecule has 1 saturated carbocycles. The van der Waals surface area contributed by atoms with Crippen LogP contribution in [0.1, 0.15) is 46.5 Å². The van der Waals surface area contributed by atoms with Crippen molar-refractivity contribution in [2.24, 2.45) is 5.41 Å². The van der Waals surface area contributed by atoms with Crippen molar-refractivity contribution < 1.29 is 8.42 Å². The second-order valence-corrected chi connectivity index (χ2v) is 8.80. The molecule has 4 heteroatoms. The van der Waals surface area contributed by atoms with E-state index in [9.17, 15) is 8.42 Å². The third-order valence-electron chi connectivity index (χ3n) is 3.53. The quantitative estimate of drug-likeness (QED) is 0.721. The topological polar surface area (TPSA) is 34.1 Å². The van der Waals surface area contributed by atoms with Crippen molar-refractivity contribution in [3.05, 3.63) is 0 Å². The molecule has 1 fully saturated rings. The van der Waals surface area contributed by atoms with Gasteiger partial charge in [0, 0.05) is 5.88 Å². The molecule has 2 nitrogen and oxygen atoms in total. The zero-order chi connectivity index (χ0) is 11.7. The summed E-state index contributed by atoms with van der Waals surface area (Å²) in [5, 5.41) is 0. The minimum atomic E-state index is -2.98. The highest BCUT2D eigenvalue weighted by Gasteiger charge is 2.39. The molecule has 0 radical (unpaired) electrons. The smallest absolute Gasteiger partial charge is 0.155 e. The Kier molecular flexibility index (Phi) is 3.77. The van der Waals surface area contributed by atoms with Gasteiger partial charge in [0.05, 0.1) is 10.5 Å². The van der Waals surface area contributed by atoms with Crippen LogP contribution in [0.5, 0.6) is 0 Å². The van der Waals surface area contributed by atoms with Crippen LogP contribution in [-0.4, -0.2) is 24.8 Å². The average molecular weight is 253 g/mol. The van der Waals surface area contributed by atoms with Gasteiger partial charge in [-0.05, 0) is 45.4 Å². The van der Waals surface area contributed by atoms with Crippen LogP contribution in [0.2, 0.25) is 0 Å². The van der Waals surface area contributed by atoms with Crippen molar-refractivity contribution >= 4 is 21.4 Å². The maximum Gasteiger partial charge on any atom is 0.155 e. The van der Waals surface area contributed by atoms with E-state index in [0.717, 1.165) is 19.3 Å². The third-order valence-corrected chi connectivity index (χ3v) is 6.71. The lowest BCUT2D eigenvalue weighted by atomic mass is 9.68. The molecule has 1 aliphatic rings. The lowest BCUT2D eigenvalue weighted by Gasteiger charge is -2.40. The Bertz CT molecular complexity index is 304. The SMILES string of the molecule is CC(C)(C)S(=O)(=O)CCC1(CCl)CCC1. The van der Waals surface area contributed by atoms with Gasteiger partial charge < -0.3 is 0 Å². The predicted molar refractivity (Wildman–Crippen MR) is 65.2 cm³/mol. The van der Waals surface area contributed by atoms with E-state index in [2.05, 4.69) is 0 Å². The molecule has 0 aromatic carbocycles. The highest BCUT2D eigenvalue weighted by atomic mass is 35.5. The number of sulfone groups is 1. The van der Waals surface area contributed by atoms with Crippen LogP contribution in [-0.2, 0) is 9.84 Å². The molecule has 90 valence electrons. The van der Waals surface area contributed by atoms with Crippen molar-refractivity contribution in [3.8, 4) is 0 Å². The Morgan fingerprint density at radius 2 is 1.80 bits per heavy atom. The Hall–Kier alpha value is 0.240. The lowest BCUT2D eigenvalue weighted by Crippen LogP contribution is -2.37. The second kappa shape index (κ2) is 4.25. The van der Waals surface area contributed by atoms with Crippen LogP contribution in [0.15, 0.2) is 0 Å². The van der Waals surface area contributed by atoms with E-state index in [-0.39, 0.29) is 11.2 Å². The van der Waals surface area contributed by atoms with Gasteiger partial charge in [-0.3, -0.25) is 0 Å². The molecule has 1 aliphatic carbocycles. The summed E-state index contributed by atoms with van der Waals surface area (Å²) in [6.07, 6.45) is 4.12. The van der Waals surface area contributed by atoms with Crippen LogP contribution in [0.3, 0.4) is 0 Å². The Morgan fingerprint density at radius 3 is 2.07 bits per heavy atom. The van der Waals surface area contributed by atoms with Crippen molar-refractivity contribution in [3.63, 3.8) is 0 Å². The minimum absolute atomic E-state index is 0.125. The maximum atomic E-state index is 11.9. The summed E-state index contributed by atoms with van der Waals surface area (Å²) < 4.78 is 23.2. The molecule has 0 N–H and O–H groups in total. The van der Waals surface area contributed by atoms with Crippen LogP contribution in [0.25, 0.3) is 0 Å². The van der Waals surface area contributed by atoms with Gasteiger partial charge in [-0.2, -0.15) is 0 Å². The highest BCUT2D eigenvalue weighted by Crippen LogP contribution is 2.45. The van der Waals surface area contributed by atoms with Gasteiger partial charge in [0.15, 0.2) is 9.84 Å². The lowest BCUT2D eigenvalue weighted by molar-refractivity contribution is 0.160. The first-order valence-corrected chi connectivity index (χ1v) is 7.69. The first-order chi connectivity index (χ1) is 6.72. The Balaban J connectivity index is 2.57. The van der Waals surface area contributed by atoms with E-state index in [1.807, 2.05) is 0 Å². The van der Waals surface area contributed by atoms with E-state index in [1.165, 1.54) is 6.42 Å². The second-order valence-electron chi connectivity index (χ2n) is 5.67. The molecule has 0 bridgehead atoms. The van der Waals surface area contributed by atoms with Gasteiger partial charge in [0.1, 0.15) is 0 Å². The average Bonchev–Trinajstić information content (AvgIpc) is 2.00. The zero-order valence-corrected chi connectivity index (χ0v) is 11.4. The highest BCUT2D eigenvalue weighted by molar-refractivity contribution is 7.92. The molecule has 0 atom stereocenters. The zero-order valence-electron chi connectivity index (χ0n) is 9.85. The summed E-state index contributed by atoms with van der Waals surface area (Å²) in [6.45, 7) is 5.28. The van der Waals surface area contributed by atoms with E-state index in [0.29, 0.717) is 5.88 Å². The third kappa shape index (κ3) is 2.88. The van der Waals surface area contributed by atoms with Gasteiger partial charge in [-0.1, -0.05) is 6.42 Å². The molecule has 0 heterocycles. The summed E-state index contributed by atoms with van der Waals surface area (Å²) in [5.74, 6) is 0.885. The van der Waals surface area contributed by atoms with Gasteiger partial charge in [0.2, 0.25) is 0 Å². The van der Waals surface area contributed by atoms with Crippen molar-refractivity contribution in [1.82, 2.24) is 0 Å². The normalized spacial score (nSPS) is 21.1. The molecular formula is C11H21ClO2S. The fraction of sp³-hybridized carbons (Fsp3) is 1.00. The predicted octanol–water partition coefficient (Wildman–Crippen LogP) is 3.00. The number of hydrogen-bond donors (Lipinski definition) is 0. The summed E-state index contributed by atoms with van der Waals surface area (Å²) in [5.41, 5.74) is 0.125. The van der Waals surface area contributed by atoms with Gasteiger partial charge >= 0.3 is 0 Å². The first kappa shape index (κ1) is 13.3. The summed E-state index contributed by atoms with van der Waals surface area (Å²) in [7, 11) is -2.98.